The topological polar surface area (TPSA) is 75.4 Å². The van der Waals surface area contributed by atoms with Crippen LogP contribution in [0.4, 0.5) is 5.69 Å². The van der Waals surface area contributed by atoms with Crippen LogP contribution in [0.25, 0.3) is 11.3 Å². The summed E-state index contributed by atoms with van der Waals surface area (Å²) in [6.45, 7) is 2.03. The van der Waals surface area contributed by atoms with Gasteiger partial charge in [0.05, 0.1) is 11.9 Å². The summed E-state index contributed by atoms with van der Waals surface area (Å²) in [6, 6.07) is 14.6. The summed E-state index contributed by atoms with van der Waals surface area (Å²) in [7, 11) is 0. The highest BCUT2D eigenvalue weighted by atomic mass is 16.4. The summed E-state index contributed by atoms with van der Waals surface area (Å²) in [6.07, 6.45) is 2.29. The molecule has 3 rings (SSSR count). The molecule has 5 heteroatoms. The second kappa shape index (κ2) is 7.00. The number of nitrogens with one attached hydrogen (secondary N) is 1. The normalized spacial score (nSPS) is 10.5. The van der Waals surface area contributed by atoms with E-state index in [1.807, 2.05) is 31.2 Å². The molecule has 0 fully saturated rings. The van der Waals surface area contributed by atoms with Crippen LogP contribution in [-0.2, 0) is 11.2 Å². The number of aromatic hydroxyl groups is 1. The van der Waals surface area contributed by atoms with Crippen molar-refractivity contribution in [2.45, 2.75) is 19.8 Å². The number of aryl methyl sites for hydroxylation is 2. The lowest BCUT2D eigenvalue weighted by atomic mass is 10.1. The standard InChI is InChI=1S/C19H18N2O3/c1-13-6-8-14(9-7-13)17-12-20-19(24-17)11-10-18(23)21-15-4-2-3-5-16(15)22/h2-9,12,22H,10-11H2,1H3,(H,21,23). The number of phenols is 1. The van der Waals surface area contributed by atoms with E-state index in [-0.39, 0.29) is 18.1 Å². The van der Waals surface area contributed by atoms with E-state index in [4.69, 9.17) is 4.42 Å². The van der Waals surface area contributed by atoms with Gasteiger partial charge in [0.15, 0.2) is 11.7 Å². The highest BCUT2D eigenvalue weighted by Crippen LogP contribution is 2.23. The Kier molecular flexibility index (Phi) is 4.61. The van der Waals surface area contributed by atoms with Crippen molar-refractivity contribution in [2.24, 2.45) is 0 Å². The van der Waals surface area contributed by atoms with E-state index in [0.29, 0.717) is 23.8 Å². The Morgan fingerprint density at radius 2 is 1.92 bits per heavy atom. The Morgan fingerprint density at radius 1 is 1.17 bits per heavy atom. The van der Waals surface area contributed by atoms with Gasteiger partial charge in [-0.15, -0.1) is 0 Å². The quantitative estimate of drug-likeness (QED) is 0.698. The minimum absolute atomic E-state index is 0.0450. The predicted molar refractivity (Wildman–Crippen MR) is 91.7 cm³/mol. The minimum atomic E-state index is -0.202. The lowest BCUT2D eigenvalue weighted by molar-refractivity contribution is -0.116. The summed E-state index contributed by atoms with van der Waals surface area (Å²) in [4.78, 5) is 16.2. The second-order valence-corrected chi connectivity index (χ2v) is 5.55. The third kappa shape index (κ3) is 3.81. The number of aromatic nitrogens is 1. The number of nitrogens with zero attached hydrogens (tertiary/aromatic N) is 1. The van der Waals surface area contributed by atoms with Gasteiger partial charge in [0.2, 0.25) is 5.91 Å². The van der Waals surface area contributed by atoms with Crippen molar-refractivity contribution in [3.63, 3.8) is 0 Å². The number of hydrogen-bond acceptors (Lipinski definition) is 4. The Labute approximate surface area is 140 Å². The van der Waals surface area contributed by atoms with E-state index in [1.54, 1.807) is 24.4 Å². The van der Waals surface area contributed by atoms with Crippen molar-refractivity contribution in [3.8, 4) is 17.1 Å². The van der Waals surface area contributed by atoms with E-state index < -0.39 is 0 Å². The fraction of sp³-hybridized carbons (Fsp3) is 0.158. The second-order valence-electron chi connectivity index (χ2n) is 5.55. The number of anilines is 1. The first kappa shape index (κ1) is 15.8. The Hall–Kier alpha value is -3.08. The van der Waals surface area contributed by atoms with E-state index >= 15 is 0 Å². The molecule has 2 N–H and O–H groups in total. The Balaban J connectivity index is 1.58. The van der Waals surface area contributed by atoms with Crippen LogP contribution in [0.5, 0.6) is 5.75 Å². The molecule has 122 valence electrons. The highest BCUT2D eigenvalue weighted by molar-refractivity contribution is 5.92. The predicted octanol–water partition coefficient (Wildman–Crippen LogP) is 3.93. The first-order valence-electron chi connectivity index (χ1n) is 7.71. The molecule has 5 nitrogen and oxygen atoms in total. The molecular weight excluding hydrogens is 304 g/mol. The van der Waals surface area contributed by atoms with Gasteiger partial charge < -0.3 is 14.8 Å². The van der Waals surface area contributed by atoms with Gasteiger partial charge in [0, 0.05) is 18.4 Å². The van der Waals surface area contributed by atoms with Crippen LogP contribution in [-0.4, -0.2) is 16.0 Å². The molecule has 0 atom stereocenters. The van der Waals surface area contributed by atoms with Crippen LogP contribution in [0.15, 0.2) is 59.1 Å². The number of para-hydroxylation sites is 2. The molecule has 0 radical (unpaired) electrons. The van der Waals surface area contributed by atoms with Gasteiger partial charge in [0.25, 0.3) is 0 Å². The number of rotatable bonds is 5. The van der Waals surface area contributed by atoms with Crippen molar-refractivity contribution in [2.75, 3.05) is 5.32 Å². The molecule has 1 amide bonds. The van der Waals surface area contributed by atoms with Crippen LogP contribution in [0, 0.1) is 6.92 Å². The molecule has 0 aliphatic heterocycles. The zero-order valence-electron chi connectivity index (χ0n) is 13.3. The fourth-order valence-electron chi connectivity index (χ4n) is 2.29. The van der Waals surface area contributed by atoms with Gasteiger partial charge in [-0.3, -0.25) is 4.79 Å². The van der Waals surface area contributed by atoms with E-state index in [0.717, 1.165) is 5.56 Å². The van der Waals surface area contributed by atoms with E-state index in [2.05, 4.69) is 10.3 Å². The molecule has 0 bridgehead atoms. The van der Waals surface area contributed by atoms with Crippen molar-refractivity contribution in [1.29, 1.82) is 0 Å². The lowest BCUT2D eigenvalue weighted by Crippen LogP contribution is -2.12. The summed E-state index contributed by atoms with van der Waals surface area (Å²) < 4.78 is 5.69. The van der Waals surface area contributed by atoms with Gasteiger partial charge in [-0.2, -0.15) is 0 Å². The molecule has 1 heterocycles. The Bertz CT molecular complexity index is 838. The van der Waals surface area contributed by atoms with Gasteiger partial charge in [-0.1, -0.05) is 42.0 Å². The highest BCUT2D eigenvalue weighted by Gasteiger charge is 2.10. The van der Waals surface area contributed by atoms with E-state index in [9.17, 15) is 9.90 Å². The molecular formula is C19H18N2O3. The smallest absolute Gasteiger partial charge is 0.224 e. The molecule has 0 aliphatic rings. The third-order valence-electron chi connectivity index (χ3n) is 3.63. The first-order chi connectivity index (χ1) is 11.6. The van der Waals surface area contributed by atoms with Crippen LogP contribution >= 0.6 is 0 Å². The zero-order chi connectivity index (χ0) is 16.9. The molecule has 0 spiro atoms. The van der Waals surface area contributed by atoms with Crippen LogP contribution in [0.3, 0.4) is 0 Å². The molecule has 0 saturated carbocycles. The minimum Gasteiger partial charge on any atom is -0.506 e. The molecule has 0 aliphatic carbocycles. The summed E-state index contributed by atoms with van der Waals surface area (Å²) in [5.74, 6) is 1.04. The number of benzene rings is 2. The Morgan fingerprint density at radius 3 is 2.67 bits per heavy atom. The number of amides is 1. The maximum Gasteiger partial charge on any atom is 0.224 e. The van der Waals surface area contributed by atoms with Gasteiger partial charge in [0.1, 0.15) is 5.75 Å². The first-order valence-corrected chi connectivity index (χ1v) is 7.71. The maximum atomic E-state index is 12.0. The zero-order valence-corrected chi connectivity index (χ0v) is 13.3. The molecule has 2 aromatic carbocycles. The summed E-state index contributed by atoms with van der Waals surface area (Å²) in [5, 5.41) is 12.3. The van der Waals surface area contributed by atoms with Gasteiger partial charge >= 0.3 is 0 Å². The van der Waals surface area contributed by atoms with E-state index in [1.165, 1.54) is 11.6 Å². The average molecular weight is 322 g/mol. The average Bonchev–Trinajstić information content (AvgIpc) is 3.05. The van der Waals surface area contributed by atoms with Gasteiger partial charge in [-0.25, -0.2) is 4.98 Å². The molecule has 3 aromatic rings. The summed E-state index contributed by atoms with van der Waals surface area (Å²) in [5.41, 5.74) is 2.53. The van der Waals surface area contributed by atoms with Gasteiger partial charge in [-0.05, 0) is 19.1 Å². The SMILES string of the molecule is Cc1ccc(-c2cnc(CCC(=O)Nc3ccccc3O)o2)cc1. The number of hydrogen-bond donors (Lipinski definition) is 2. The molecule has 1 aromatic heterocycles. The third-order valence-corrected chi connectivity index (χ3v) is 3.63. The van der Waals surface area contributed by atoms with Crippen molar-refractivity contribution < 1.29 is 14.3 Å². The number of oxazole rings is 1. The van der Waals surface area contributed by atoms with Crippen LogP contribution in [0.1, 0.15) is 17.9 Å². The molecule has 0 unspecified atom stereocenters. The number of carbonyl (C=O) groups excluding carboxylic acids is 1. The maximum absolute atomic E-state index is 12.0. The molecule has 0 saturated heterocycles. The number of carbonyl (C=O) groups is 1. The summed E-state index contributed by atoms with van der Waals surface area (Å²) >= 11 is 0. The largest absolute Gasteiger partial charge is 0.506 e. The van der Waals surface area contributed by atoms with Crippen molar-refractivity contribution in [3.05, 3.63) is 66.2 Å². The lowest BCUT2D eigenvalue weighted by Gasteiger charge is -2.05. The van der Waals surface area contributed by atoms with Crippen molar-refractivity contribution >= 4 is 11.6 Å². The van der Waals surface area contributed by atoms with Crippen LogP contribution in [0.2, 0.25) is 0 Å². The van der Waals surface area contributed by atoms with Crippen molar-refractivity contribution in [1.82, 2.24) is 4.98 Å². The molecule has 24 heavy (non-hydrogen) atoms. The fourth-order valence-corrected chi connectivity index (χ4v) is 2.29. The van der Waals surface area contributed by atoms with Crippen LogP contribution < -0.4 is 5.32 Å². The monoisotopic (exact) mass is 322 g/mol. The number of phenolic OH excluding ortho intramolecular Hbond substituents is 1.